The number of urea groups is 1. The SMILES string of the molecule is N/N=N\C(N)=NC(=O)c1ccc(CN(C(=O)Nc2ccc(C(F)(F)F)c(C(F)(F)F)c2)c2ccc(C3CCCCC3)cc2)cc1. The largest absolute Gasteiger partial charge is 0.417 e. The number of halogens is 6. The molecule has 0 aromatic heterocycles. The molecule has 1 fully saturated rings. The number of anilines is 2. The fraction of sp³-hybridized carbons (Fsp3) is 0.300. The molecule has 0 atom stereocenters. The highest BCUT2D eigenvalue weighted by Gasteiger charge is 2.43. The minimum Gasteiger partial charge on any atom is -0.366 e. The zero-order valence-corrected chi connectivity index (χ0v) is 23.7. The summed E-state index contributed by atoms with van der Waals surface area (Å²) in [5.74, 6) is 4.06. The number of aliphatic imine (C=N–C) groups is 1. The van der Waals surface area contributed by atoms with Gasteiger partial charge in [-0.2, -0.15) is 31.3 Å². The van der Waals surface area contributed by atoms with Crippen LogP contribution in [0, 0.1) is 0 Å². The number of amides is 3. The van der Waals surface area contributed by atoms with Crippen molar-refractivity contribution in [2.24, 2.45) is 26.9 Å². The Bertz CT molecular complexity index is 1560. The van der Waals surface area contributed by atoms with Crippen LogP contribution in [-0.4, -0.2) is 17.9 Å². The zero-order chi connectivity index (χ0) is 32.8. The predicted molar refractivity (Wildman–Crippen MR) is 155 cm³/mol. The van der Waals surface area contributed by atoms with Crippen LogP contribution >= 0.6 is 0 Å². The van der Waals surface area contributed by atoms with E-state index in [0.29, 0.717) is 17.2 Å². The fourth-order valence-electron chi connectivity index (χ4n) is 5.12. The summed E-state index contributed by atoms with van der Waals surface area (Å²) >= 11 is 0. The number of carbonyl (C=O) groups excluding carboxylic acids is 2. The Kier molecular flexibility index (Phi) is 10.1. The van der Waals surface area contributed by atoms with Crippen molar-refractivity contribution in [1.29, 1.82) is 0 Å². The molecule has 45 heavy (non-hydrogen) atoms. The number of nitrogens with zero attached hydrogens (tertiary/aromatic N) is 4. The van der Waals surface area contributed by atoms with E-state index < -0.39 is 47.1 Å². The van der Waals surface area contributed by atoms with Gasteiger partial charge in [-0.3, -0.25) is 9.69 Å². The van der Waals surface area contributed by atoms with Crippen LogP contribution in [0.5, 0.6) is 0 Å². The molecule has 3 amide bonds. The highest BCUT2D eigenvalue weighted by Crippen LogP contribution is 2.41. The van der Waals surface area contributed by atoms with Crippen LogP contribution in [0.25, 0.3) is 0 Å². The van der Waals surface area contributed by atoms with Crippen molar-refractivity contribution in [3.8, 4) is 0 Å². The lowest BCUT2D eigenvalue weighted by atomic mass is 9.84. The van der Waals surface area contributed by atoms with Gasteiger partial charge in [0.25, 0.3) is 5.91 Å². The third-order valence-corrected chi connectivity index (χ3v) is 7.33. The van der Waals surface area contributed by atoms with Gasteiger partial charge in [0, 0.05) is 16.9 Å². The first-order chi connectivity index (χ1) is 21.3. The average Bonchev–Trinajstić information content (AvgIpc) is 3.00. The van der Waals surface area contributed by atoms with E-state index in [2.05, 4.69) is 20.6 Å². The van der Waals surface area contributed by atoms with E-state index in [1.54, 1.807) is 12.1 Å². The summed E-state index contributed by atoms with van der Waals surface area (Å²) in [4.78, 5) is 30.6. The van der Waals surface area contributed by atoms with Gasteiger partial charge in [-0.15, -0.1) is 0 Å². The normalized spacial score (nSPS) is 14.8. The van der Waals surface area contributed by atoms with Crippen LogP contribution in [0.1, 0.15) is 70.6 Å². The monoisotopic (exact) mass is 633 g/mol. The van der Waals surface area contributed by atoms with Gasteiger partial charge in [-0.05, 0) is 72.4 Å². The van der Waals surface area contributed by atoms with E-state index in [1.165, 1.54) is 35.6 Å². The number of carbonyl (C=O) groups is 2. The van der Waals surface area contributed by atoms with Crippen LogP contribution < -0.4 is 21.8 Å². The fourth-order valence-corrected chi connectivity index (χ4v) is 5.12. The third-order valence-electron chi connectivity index (χ3n) is 7.33. The highest BCUT2D eigenvalue weighted by molar-refractivity contribution is 6.03. The van der Waals surface area contributed by atoms with E-state index in [1.807, 2.05) is 12.1 Å². The molecule has 0 radical (unpaired) electrons. The van der Waals surface area contributed by atoms with Crippen molar-refractivity contribution in [2.45, 2.75) is 56.9 Å². The lowest BCUT2D eigenvalue weighted by molar-refractivity contribution is -0.162. The smallest absolute Gasteiger partial charge is 0.366 e. The van der Waals surface area contributed by atoms with Crippen molar-refractivity contribution in [1.82, 2.24) is 0 Å². The molecular formula is C30H29F6N7O2. The number of hydrogen-bond donors (Lipinski definition) is 3. The van der Waals surface area contributed by atoms with Gasteiger partial charge in [0.1, 0.15) is 0 Å². The minimum absolute atomic E-state index is 0.108. The predicted octanol–water partition coefficient (Wildman–Crippen LogP) is 7.79. The summed E-state index contributed by atoms with van der Waals surface area (Å²) < 4.78 is 80.3. The number of hydrogen-bond acceptors (Lipinski definition) is 3. The first kappa shape index (κ1) is 33.0. The molecule has 9 nitrogen and oxygen atoms in total. The number of nitrogens with two attached hydrogens (primary N) is 2. The molecule has 1 aliphatic rings. The first-order valence-electron chi connectivity index (χ1n) is 13.8. The Hall–Kier alpha value is -4.95. The summed E-state index contributed by atoms with van der Waals surface area (Å²) in [5, 5.41) is 8.48. The van der Waals surface area contributed by atoms with Gasteiger partial charge in [0.15, 0.2) is 0 Å². The summed E-state index contributed by atoms with van der Waals surface area (Å²) in [5.41, 5.74) is 3.28. The topological polar surface area (TPSA) is 139 Å². The Balaban J connectivity index is 1.63. The van der Waals surface area contributed by atoms with Crippen molar-refractivity contribution in [3.63, 3.8) is 0 Å². The van der Waals surface area contributed by atoms with Crippen LogP contribution in [0.15, 0.2) is 82.1 Å². The zero-order valence-electron chi connectivity index (χ0n) is 23.7. The van der Waals surface area contributed by atoms with E-state index in [4.69, 9.17) is 11.6 Å². The molecule has 0 aliphatic heterocycles. The Morgan fingerprint density at radius 2 is 1.47 bits per heavy atom. The molecule has 0 heterocycles. The molecular weight excluding hydrogens is 604 g/mol. The molecule has 4 rings (SSSR count). The average molecular weight is 634 g/mol. The second kappa shape index (κ2) is 13.8. The number of nitrogens with one attached hydrogen (secondary N) is 1. The Morgan fingerprint density at radius 3 is 2.04 bits per heavy atom. The molecule has 15 heteroatoms. The lowest BCUT2D eigenvalue weighted by Gasteiger charge is -2.26. The molecule has 0 unspecified atom stereocenters. The second-order valence-electron chi connectivity index (χ2n) is 10.4. The van der Waals surface area contributed by atoms with Crippen LogP contribution in [0.4, 0.5) is 42.5 Å². The van der Waals surface area contributed by atoms with Gasteiger partial charge in [-0.1, -0.05) is 53.9 Å². The van der Waals surface area contributed by atoms with Gasteiger partial charge in [0.05, 0.1) is 17.7 Å². The summed E-state index contributed by atoms with van der Waals surface area (Å²) in [6.45, 7) is -0.108. The maximum atomic E-state index is 13.5. The number of guanidine groups is 1. The van der Waals surface area contributed by atoms with E-state index >= 15 is 0 Å². The van der Waals surface area contributed by atoms with Crippen LogP contribution in [0.2, 0.25) is 0 Å². The summed E-state index contributed by atoms with van der Waals surface area (Å²) in [7, 11) is 0. The quantitative estimate of drug-likeness (QED) is 0.0637. The van der Waals surface area contributed by atoms with E-state index in [9.17, 15) is 35.9 Å². The second-order valence-corrected chi connectivity index (χ2v) is 10.4. The summed E-state index contributed by atoms with van der Waals surface area (Å²) in [6, 6.07) is 13.5. The van der Waals surface area contributed by atoms with Gasteiger partial charge >= 0.3 is 18.4 Å². The standard InChI is InChI=1S/C30H29F6N7O2/c31-29(32,33)24-15-12-22(16-25(24)30(34,35)36)39-28(45)43(23-13-10-20(11-14-23)19-4-2-1-3-5-19)17-18-6-8-21(9-7-18)26(44)40-27(37)41-42-38/h6-16,19H,1-5,17H2,(H,39,45)(H4,37,38,40,41,44). The highest BCUT2D eigenvalue weighted by atomic mass is 19.4. The molecule has 1 saturated carbocycles. The number of alkyl halides is 6. The Labute approximate surface area is 254 Å². The molecule has 3 aromatic carbocycles. The van der Waals surface area contributed by atoms with Gasteiger partial charge in [0.2, 0.25) is 5.96 Å². The van der Waals surface area contributed by atoms with Gasteiger partial charge < -0.3 is 16.9 Å². The molecule has 238 valence electrons. The van der Waals surface area contributed by atoms with E-state index in [0.717, 1.165) is 37.3 Å². The minimum atomic E-state index is -5.32. The maximum absolute atomic E-state index is 13.5. The molecule has 0 saturated heterocycles. The number of rotatable bonds is 6. The molecule has 0 spiro atoms. The van der Waals surface area contributed by atoms with Gasteiger partial charge in [-0.25, -0.2) is 4.79 Å². The van der Waals surface area contributed by atoms with Crippen molar-refractivity contribution in [2.75, 3.05) is 10.2 Å². The van der Waals surface area contributed by atoms with Crippen molar-refractivity contribution < 1.29 is 35.9 Å². The maximum Gasteiger partial charge on any atom is 0.417 e. The van der Waals surface area contributed by atoms with E-state index in [-0.39, 0.29) is 24.2 Å². The van der Waals surface area contributed by atoms with Crippen molar-refractivity contribution >= 4 is 29.3 Å². The summed E-state index contributed by atoms with van der Waals surface area (Å²) in [6.07, 6.45) is -5.10. The molecule has 0 bridgehead atoms. The molecule has 5 N–H and O–H groups in total. The van der Waals surface area contributed by atoms with Crippen LogP contribution in [0.3, 0.4) is 0 Å². The van der Waals surface area contributed by atoms with Crippen LogP contribution in [-0.2, 0) is 18.9 Å². The number of benzene rings is 3. The lowest BCUT2D eigenvalue weighted by Crippen LogP contribution is -2.34. The first-order valence-corrected chi connectivity index (χ1v) is 13.8. The molecule has 1 aliphatic carbocycles. The Morgan fingerprint density at radius 1 is 0.844 bits per heavy atom. The van der Waals surface area contributed by atoms with Crippen molar-refractivity contribution in [3.05, 3.63) is 94.5 Å². The molecule has 3 aromatic rings. The third kappa shape index (κ3) is 8.58.